The molecule has 4 rings (SSSR count). The Morgan fingerprint density at radius 3 is 2.58 bits per heavy atom. The second kappa shape index (κ2) is 8.33. The standard InChI is InChI=1S/C22H22FN3O4S/c1-14-3-6-20-17(11-14)18(12-15(2)24-20)22(27)25-16-4-5-19(23)21(13-16)31(28,29)26-7-9-30-10-8-26/h3-6,11-13H,7-10H2,1-2H3,(H,25,27). The van der Waals surface area contributed by atoms with Crippen molar-refractivity contribution in [2.24, 2.45) is 0 Å². The van der Waals surface area contributed by atoms with Crippen molar-refractivity contribution < 1.29 is 22.3 Å². The number of fused-ring (bicyclic) bond motifs is 1. The van der Waals surface area contributed by atoms with Gasteiger partial charge in [0.2, 0.25) is 10.0 Å². The quantitative estimate of drug-likeness (QED) is 0.669. The maximum atomic E-state index is 14.4. The number of ether oxygens (including phenoxy) is 1. The number of anilines is 1. The van der Waals surface area contributed by atoms with E-state index < -0.39 is 26.6 Å². The molecule has 31 heavy (non-hydrogen) atoms. The lowest BCUT2D eigenvalue weighted by Gasteiger charge is -2.26. The van der Waals surface area contributed by atoms with Crippen LogP contribution in [0.1, 0.15) is 21.6 Å². The number of rotatable bonds is 4. The number of carbonyl (C=O) groups excluding carboxylic acids is 1. The van der Waals surface area contributed by atoms with E-state index in [1.165, 1.54) is 10.4 Å². The van der Waals surface area contributed by atoms with Gasteiger partial charge in [-0.3, -0.25) is 9.78 Å². The minimum atomic E-state index is -4.05. The highest BCUT2D eigenvalue weighted by atomic mass is 32.2. The van der Waals surface area contributed by atoms with Gasteiger partial charge in [0.15, 0.2) is 0 Å². The van der Waals surface area contributed by atoms with Gasteiger partial charge in [0.1, 0.15) is 10.7 Å². The maximum absolute atomic E-state index is 14.4. The van der Waals surface area contributed by atoms with Gasteiger partial charge in [0.05, 0.1) is 24.3 Å². The van der Waals surface area contributed by atoms with E-state index in [4.69, 9.17) is 4.74 Å². The summed E-state index contributed by atoms with van der Waals surface area (Å²) in [6, 6.07) is 10.8. The van der Waals surface area contributed by atoms with Gasteiger partial charge < -0.3 is 10.1 Å². The Labute approximate surface area is 179 Å². The molecule has 0 unspecified atom stereocenters. The Morgan fingerprint density at radius 1 is 1.10 bits per heavy atom. The number of aryl methyl sites for hydroxylation is 2. The number of morpholine rings is 1. The van der Waals surface area contributed by atoms with E-state index in [1.807, 2.05) is 25.1 Å². The summed E-state index contributed by atoms with van der Waals surface area (Å²) in [6.45, 7) is 4.53. The maximum Gasteiger partial charge on any atom is 0.256 e. The zero-order chi connectivity index (χ0) is 22.2. The topological polar surface area (TPSA) is 88.6 Å². The third kappa shape index (κ3) is 4.30. The molecule has 0 radical (unpaired) electrons. The highest BCUT2D eigenvalue weighted by Crippen LogP contribution is 2.25. The van der Waals surface area contributed by atoms with E-state index in [0.29, 0.717) is 22.2 Å². The number of nitrogens with one attached hydrogen (secondary N) is 1. The van der Waals surface area contributed by atoms with Crippen LogP contribution in [0.25, 0.3) is 10.9 Å². The minimum absolute atomic E-state index is 0.153. The van der Waals surface area contributed by atoms with Crippen LogP contribution in [-0.4, -0.2) is 49.9 Å². The fraction of sp³-hybridized carbons (Fsp3) is 0.273. The fourth-order valence-electron chi connectivity index (χ4n) is 3.56. The first-order valence-electron chi connectivity index (χ1n) is 9.82. The van der Waals surface area contributed by atoms with Crippen molar-refractivity contribution in [2.75, 3.05) is 31.6 Å². The largest absolute Gasteiger partial charge is 0.379 e. The number of pyridine rings is 1. The monoisotopic (exact) mass is 443 g/mol. The third-order valence-electron chi connectivity index (χ3n) is 5.11. The molecule has 0 spiro atoms. The molecule has 0 bridgehead atoms. The van der Waals surface area contributed by atoms with Gasteiger partial charge in [-0.15, -0.1) is 0 Å². The first-order valence-corrected chi connectivity index (χ1v) is 11.3. The van der Waals surface area contributed by atoms with E-state index in [0.717, 1.165) is 17.7 Å². The van der Waals surface area contributed by atoms with E-state index in [-0.39, 0.29) is 32.0 Å². The van der Waals surface area contributed by atoms with Crippen molar-refractivity contribution in [1.82, 2.24) is 9.29 Å². The first kappa shape index (κ1) is 21.4. The van der Waals surface area contributed by atoms with E-state index in [2.05, 4.69) is 10.3 Å². The van der Waals surface area contributed by atoms with Crippen molar-refractivity contribution in [3.8, 4) is 0 Å². The summed E-state index contributed by atoms with van der Waals surface area (Å²) in [5.74, 6) is -1.30. The highest BCUT2D eigenvalue weighted by molar-refractivity contribution is 7.89. The lowest BCUT2D eigenvalue weighted by atomic mass is 10.0. The Hall–Kier alpha value is -2.88. The lowest BCUT2D eigenvalue weighted by molar-refractivity contribution is 0.0729. The molecule has 1 aliphatic heterocycles. The molecule has 2 heterocycles. The third-order valence-corrected chi connectivity index (χ3v) is 7.03. The van der Waals surface area contributed by atoms with Crippen molar-refractivity contribution in [2.45, 2.75) is 18.7 Å². The van der Waals surface area contributed by atoms with Crippen molar-refractivity contribution in [3.63, 3.8) is 0 Å². The zero-order valence-corrected chi connectivity index (χ0v) is 18.0. The number of carbonyl (C=O) groups is 1. The van der Waals surface area contributed by atoms with Crippen molar-refractivity contribution in [3.05, 3.63) is 65.1 Å². The number of halogens is 1. The van der Waals surface area contributed by atoms with E-state index in [1.54, 1.807) is 13.0 Å². The summed E-state index contributed by atoms with van der Waals surface area (Å²) in [4.78, 5) is 17.0. The van der Waals surface area contributed by atoms with Crippen LogP contribution in [0.15, 0.2) is 47.4 Å². The summed E-state index contributed by atoms with van der Waals surface area (Å²) in [5, 5.41) is 3.39. The van der Waals surface area contributed by atoms with Crippen LogP contribution in [0.2, 0.25) is 0 Å². The summed E-state index contributed by atoms with van der Waals surface area (Å²) in [5.41, 5.74) is 2.94. The fourth-order valence-corrected chi connectivity index (χ4v) is 5.06. The lowest BCUT2D eigenvalue weighted by Crippen LogP contribution is -2.40. The molecular formula is C22H22FN3O4S. The van der Waals surface area contributed by atoms with Crippen LogP contribution in [-0.2, 0) is 14.8 Å². The number of benzene rings is 2. The molecule has 1 fully saturated rings. The van der Waals surface area contributed by atoms with Crippen molar-refractivity contribution in [1.29, 1.82) is 0 Å². The van der Waals surface area contributed by atoms with Crippen LogP contribution >= 0.6 is 0 Å². The predicted octanol–water partition coefficient (Wildman–Crippen LogP) is 3.26. The summed E-state index contributed by atoms with van der Waals surface area (Å²) < 4.78 is 46.6. The molecule has 1 N–H and O–H groups in total. The van der Waals surface area contributed by atoms with Gasteiger partial charge in [-0.05, 0) is 50.2 Å². The predicted molar refractivity (Wildman–Crippen MR) is 115 cm³/mol. The molecule has 3 aromatic rings. The molecule has 1 aromatic heterocycles. The van der Waals surface area contributed by atoms with Crippen LogP contribution in [0.4, 0.5) is 10.1 Å². The second-order valence-electron chi connectivity index (χ2n) is 7.45. The van der Waals surface area contributed by atoms with E-state index >= 15 is 0 Å². The van der Waals surface area contributed by atoms with Gasteiger partial charge in [-0.25, -0.2) is 12.8 Å². The molecule has 2 aromatic carbocycles. The van der Waals surface area contributed by atoms with Crippen LogP contribution in [0.3, 0.4) is 0 Å². The van der Waals surface area contributed by atoms with Gasteiger partial charge in [-0.1, -0.05) is 11.6 Å². The SMILES string of the molecule is Cc1ccc2nc(C)cc(C(=O)Nc3ccc(F)c(S(=O)(=O)N4CCOCC4)c3)c2c1. The molecule has 162 valence electrons. The van der Waals surface area contributed by atoms with Gasteiger partial charge in [0.25, 0.3) is 5.91 Å². The Bertz CT molecular complexity index is 1270. The van der Waals surface area contributed by atoms with Gasteiger partial charge >= 0.3 is 0 Å². The Morgan fingerprint density at radius 2 is 1.84 bits per heavy atom. The number of amides is 1. The first-order chi connectivity index (χ1) is 14.8. The molecule has 0 saturated carbocycles. The Kier molecular flexibility index (Phi) is 5.74. The number of nitrogens with zero attached hydrogens (tertiary/aromatic N) is 2. The van der Waals surface area contributed by atoms with Crippen molar-refractivity contribution >= 4 is 32.5 Å². The molecule has 0 atom stereocenters. The minimum Gasteiger partial charge on any atom is -0.379 e. The number of aromatic nitrogens is 1. The van der Waals surface area contributed by atoms with Gasteiger partial charge in [-0.2, -0.15) is 4.31 Å². The summed E-state index contributed by atoms with van der Waals surface area (Å²) in [6.07, 6.45) is 0. The molecule has 7 nitrogen and oxygen atoms in total. The second-order valence-corrected chi connectivity index (χ2v) is 9.35. The summed E-state index contributed by atoms with van der Waals surface area (Å²) >= 11 is 0. The molecule has 1 amide bonds. The molecular weight excluding hydrogens is 421 g/mol. The van der Waals surface area contributed by atoms with Crippen LogP contribution in [0.5, 0.6) is 0 Å². The average molecular weight is 444 g/mol. The van der Waals surface area contributed by atoms with Crippen LogP contribution < -0.4 is 5.32 Å². The Balaban J connectivity index is 1.68. The highest BCUT2D eigenvalue weighted by Gasteiger charge is 2.29. The zero-order valence-electron chi connectivity index (χ0n) is 17.2. The molecule has 1 saturated heterocycles. The van der Waals surface area contributed by atoms with Crippen LogP contribution in [0, 0.1) is 19.7 Å². The van der Waals surface area contributed by atoms with Gasteiger partial charge in [0, 0.05) is 29.9 Å². The number of sulfonamides is 1. The van der Waals surface area contributed by atoms with E-state index in [9.17, 15) is 17.6 Å². The molecule has 9 heteroatoms. The smallest absolute Gasteiger partial charge is 0.256 e. The average Bonchev–Trinajstić information content (AvgIpc) is 2.75. The normalized spacial score (nSPS) is 15.2. The molecule has 1 aliphatic rings. The number of hydrogen-bond acceptors (Lipinski definition) is 5. The number of hydrogen-bond donors (Lipinski definition) is 1. The summed E-state index contributed by atoms with van der Waals surface area (Å²) in [7, 11) is -4.05. The molecule has 0 aliphatic carbocycles.